The van der Waals surface area contributed by atoms with E-state index in [0.717, 1.165) is 51.9 Å². The lowest BCUT2D eigenvalue weighted by atomic mass is 9.94. The number of fused-ring (bicyclic) bond motifs is 2. The van der Waals surface area contributed by atoms with Crippen LogP contribution in [0.4, 0.5) is 9.80 Å². The quantitative estimate of drug-likeness (QED) is 0.391. The van der Waals surface area contributed by atoms with E-state index in [2.05, 4.69) is 20.2 Å². The summed E-state index contributed by atoms with van der Waals surface area (Å²) in [6.07, 6.45) is 11.8. The molecule has 0 aliphatic heterocycles. The number of nitrogens with one attached hydrogen (secondary N) is 2. The molecule has 1 aliphatic rings. The van der Waals surface area contributed by atoms with Gasteiger partial charge in [0, 0.05) is 47.2 Å². The highest BCUT2D eigenvalue weighted by atomic mass is 32.1. The number of hydrogen-bond donors (Lipinski definition) is 2. The first-order valence-electron chi connectivity index (χ1n) is 10.3. The number of thiophene rings is 2. The topological polar surface area (TPSA) is 76.0 Å². The molecule has 5 rings (SSSR count). The fraction of sp³-hybridized carbons (Fsp3) is 0.261. The monoisotopic (exact) mass is 450 g/mol. The second-order valence-corrected chi connectivity index (χ2v) is 9.76. The van der Waals surface area contributed by atoms with Gasteiger partial charge in [-0.05, 0) is 56.4 Å². The first-order valence-corrected chi connectivity index (χ1v) is 11.9. The summed E-state index contributed by atoms with van der Waals surface area (Å²) in [5, 5.41) is 8.75. The first-order chi connectivity index (χ1) is 15.1. The van der Waals surface area contributed by atoms with E-state index in [1.165, 1.54) is 4.88 Å². The number of hydrogen-bond acceptors (Lipinski definition) is 5. The SMILES string of the molecule is CC(=O)c1c(NC(=O)NCc2c(-n3cccc3)sc3cnccc23)sc2c1CCCC2. The third-order valence-corrected chi connectivity index (χ3v) is 7.99. The standard InChI is InChI=1S/C23H22N4O2S2/c1-14(28)20-16-6-2-3-7-18(16)30-21(20)26-23(29)25-12-17-15-8-9-24-13-19(15)31-22(17)27-10-4-5-11-27/h4-5,8-11,13H,2-3,6-7,12H2,1H3,(H2,25,26,29). The number of Topliss-reactive ketones (excluding diaryl/α,β-unsaturated/α-hetero) is 1. The van der Waals surface area contributed by atoms with Crippen LogP contribution in [0.1, 0.15) is 46.1 Å². The van der Waals surface area contributed by atoms with Crippen LogP contribution in [0.5, 0.6) is 0 Å². The molecule has 0 bridgehead atoms. The van der Waals surface area contributed by atoms with Crippen molar-refractivity contribution in [3.05, 3.63) is 64.6 Å². The Kier molecular flexibility index (Phi) is 5.33. The van der Waals surface area contributed by atoms with Crippen LogP contribution in [-0.2, 0) is 19.4 Å². The van der Waals surface area contributed by atoms with Gasteiger partial charge in [0.2, 0.25) is 0 Å². The number of carbonyl (C=O) groups excluding carboxylic acids is 2. The van der Waals surface area contributed by atoms with Gasteiger partial charge in [-0.3, -0.25) is 15.1 Å². The van der Waals surface area contributed by atoms with Gasteiger partial charge in [0.15, 0.2) is 5.78 Å². The lowest BCUT2D eigenvalue weighted by molar-refractivity contribution is 0.101. The maximum atomic E-state index is 12.8. The molecule has 0 fully saturated rings. The van der Waals surface area contributed by atoms with Crippen molar-refractivity contribution in [2.75, 3.05) is 5.32 Å². The number of amides is 2. The average molecular weight is 451 g/mol. The summed E-state index contributed by atoms with van der Waals surface area (Å²) in [6.45, 7) is 1.96. The number of carbonyl (C=O) groups is 2. The highest BCUT2D eigenvalue weighted by molar-refractivity contribution is 7.21. The van der Waals surface area contributed by atoms with Crippen LogP contribution in [-0.4, -0.2) is 21.4 Å². The number of rotatable bonds is 5. The van der Waals surface area contributed by atoms with Crippen molar-refractivity contribution in [1.29, 1.82) is 0 Å². The largest absolute Gasteiger partial charge is 0.334 e. The average Bonchev–Trinajstić information content (AvgIpc) is 3.48. The molecule has 4 aromatic heterocycles. The molecule has 0 aromatic carbocycles. The van der Waals surface area contributed by atoms with Gasteiger partial charge < -0.3 is 9.88 Å². The van der Waals surface area contributed by atoms with Crippen molar-refractivity contribution in [2.45, 2.75) is 39.2 Å². The third-order valence-electron chi connectivity index (χ3n) is 5.59. The third kappa shape index (κ3) is 3.77. The highest BCUT2D eigenvalue weighted by Gasteiger charge is 2.24. The Morgan fingerprint density at radius 1 is 1.16 bits per heavy atom. The predicted molar refractivity (Wildman–Crippen MR) is 126 cm³/mol. The number of nitrogens with zero attached hydrogens (tertiary/aromatic N) is 2. The summed E-state index contributed by atoms with van der Waals surface area (Å²) in [5.41, 5.74) is 2.87. The summed E-state index contributed by atoms with van der Waals surface area (Å²) in [7, 11) is 0. The number of urea groups is 1. The van der Waals surface area contributed by atoms with Crippen LogP contribution in [0.2, 0.25) is 0 Å². The minimum Gasteiger partial charge on any atom is -0.334 e. The Balaban J connectivity index is 1.39. The van der Waals surface area contributed by atoms with Crippen LogP contribution >= 0.6 is 22.7 Å². The first kappa shape index (κ1) is 20.0. The molecule has 4 heterocycles. The molecule has 1 aliphatic carbocycles. The Hall–Kier alpha value is -2.97. The van der Waals surface area contributed by atoms with E-state index in [1.54, 1.807) is 35.8 Å². The summed E-state index contributed by atoms with van der Waals surface area (Å²) in [5.74, 6) is 0.0147. The fourth-order valence-corrected chi connectivity index (χ4v) is 6.67. The molecule has 0 unspecified atom stereocenters. The highest BCUT2D eigenvalue weighted by Crippen LogP contribution is 2.38. The van der Waals surface area contributed by atoms with Gasteiger partial charge in [-0.15, -0.1) is 22.7 Å². The van der Waals surface area contributed by atoms with Crippen molar-refractivity contribution in [1.82, 2.24) is 14.9 Å². The van der Waals surface area contributed by atoms with E-state index in [1.807, 2.05) is 36.8 Å². The van der Waals surface area contributed by atoms with Crippen LogP contribution in [0.15, 0.2) is 43.0 Å². The summed E-state index contributed by atoms with van der Waals surface area (Å²) < 4.78 is 3.13. The van der Waals surface area contributed by atoms with Gasteiger partial charge in [0.25, 0.3) is 0 Å². The zero-order chi connectivity index (χ0) is 21.4. The second kappa shape index (κ2) is 8.28. The fourth-order valence-electron chi connectivity index (χ4n) is 4.18. The molecule has 0 atom stereocenters. The molecule has 0 spiro atoms. The van der Waals surface area contributed by atoms with Crippen molar-refractivity contribution in [3.63, 3.8) is 0 Å². The lowest BCUT2D eigenvalue weighted by Crippen LogP contribution is -2.28. The van der Waals surface area contributed by atoms with E-state index in [-0.39, 0.29) is 11.8 Å². The predicted octanol–water partition coefficient (Wildman–Crippen LogP) is 5.55. The van der Waals surface area contributed by atoms with Crippen LogP contribution in [0.25, 0.3) is 15.1 Å². The van der Waals surface area contributed by atoms with E-state index in [9.17, 15) is 9.59 Å². The minimum atomic E-state index is -0.298. The lowest BCUT2D eigenvalue weighted by Gasteiger charge is -2.11. The van der Waals surface area contributed by atoms with Crippen LogP contribution in [0.3, 0.4) is 0 Å². The van der Waals surface area contributed by atoms with E-state index in [4.69, 9.17) is 0 Å². The summed E-state index contributed by atoms with van der Waals surface area (Å²) in [6, 6.07) is 5.64. The molecular weight excluding hydrogens is 428 g/mol. The molecule has 158 valence electrons. The van der Waals surface area contributed by atoms with Crippen molar-refractivity contribution >= 4 is 49.6 Å². The van der Waals surface area contributed by atoms with Gasteiger partial charge in [0.1, 0.15) is 10.0 Å². The number of aryl methyl sites for hydroxylation is 1. The Bertz CT molecular complexity index is 1270. The van der Waals surface area contributed by atoms with Crippen molar-refractivity contribution < 1.29 is 9.59 Å². The van der Waals surface area contributed by atoms with Gasteiger partial charge in [0.05, 0.1) is 10.3 Å². The Morgan fingerprint density at radius 3 is 2.77 bits per heavy atom. The van der Waals surface area contributed by atoms with Crippen molar-refractivity contribution in [3.8, 4) is 5.00 Å². The number of ketones is 1. The molecule has 31 heavy (non-hydrogen) atoms. The molecular formula is C23H22N4O2S2. The second-order valence-electron chi connectivity index (χ2n) is 7.63. The number of pyridine rings is 1. The Morgan fingerprint density at radius 2 is 1.97 bits per heavy atom. The normalized spacial score (nSPS) is 13.2. The molecule has 0 saturated heterocycles. The van der Waals surface area contributed by atoms with Gasteiger partial charge >= 0.3 is 6.03 Å². The maximum Gasteiger partial charge on any atom is 0.320 e. The zero-order valence-corrected chi connectivity index (χ0v) is 18.7. The molecule has 4 aromatic rings. The molecule has 0 saturated carbocycles. The minimum absolute atomic E-state index is 0.0147. The Labute approximate surface area is 187 Å². The van der Waals surface area contributed by atoms with E-state index < -0.39 is 0 Å². The molecule has 8 heteroatoms. The summed E-state index contributed by atoms with van der Waals surface area (Å²) in [4.78, 5) is 30.5. The zero-order valence-electron chi connectivity index (χ0n) is 17.1. The van der Waals surface area contributed by atoms with Gasteiger partial charge in [-0.25, -0.2) is 4.79 Å². The van der Waals surface area contributed by atoms with Gasteiger partial charge in [-0.1, -0.05) is 0 Å². The summed E-state index contributed by atoms with van der Waals surface area (Å²) >= 11 is 3.19. The van der Waals surface area contributed by atoms with Gasteiger partial charge in [-0.2, -0.15) is 0 Å². The van der Waals surface area contributed by atoms with E-state index in [0.29, 0.717) is 17.1 Å². The van der Waals surface area contributed by atoms with Crippen molar-refractivity contribution in [2.24, 2.45) is 0 Å². The number of anilines is 1. The van der Waals surface area contributed by atoms with Crippen LogP contribution < -0.4 is 10.6 Å². The molecule has 2 amide bonds. The molecule has 6 nitrogen and oxygen atoms in total. The maximum absolute atomic E-state index is 12.8. The smallest absolute Gasteiger partial charge is 0.320 e. The molecule has 0 radical (unpaired) electrons. The number of aromatic nitrogens is 2. The van der Waals surface area contributed by atoms with Crippen LogP contribution in [0, 0.1) is 0 Å². The van der Waals surface area contributed by atoms with E-state index >= 15 is 0 Å². The molecule has 2 N–H and O–H groups in total.